The highest BCUT2D eigenvalue weighted by Crippen LogP contribution is 2.41. The van der Waals surface area contributed by atoms with Gasteiger partial charge >= 0.3 is 12.4 Å². The summed E-state index contributed by atoms with van der Waals surface area (Å²) in [6.45, 7) is -0.136. The number of para-hydroxylation sites is 2. The Morgan fingerprint density at radius 1 is 0.860 bits per heavy atom. The fourth-order valence-corrected chi connectivity index (χ4v) is 6.32. The Morgan fingerprint density at radius 2 is 1.50 bits per heavy atom. The van der Waals surface area contributed by atoms with Crippen LogP contribution in [0.5, 0.6) is 5.75 Å². The summed E-state index contributed by atoms with van der Waals surface area (Å²) >= 11 is 0. The van der Waals surface area contributed by atoms with E-state index in [1.807, 2.05) is 6.07 Å². The number of carbonyl (C=O) groups is 1. The summed E-state index contributed by atoms with van der Waals surface area (Å²) in [5.41, 5.74) is -1.94. The summed E-state index contributed by atoms with van der Waals surface area (Å²) in [6, 6.07) is 20.2. The number of alkyl halides is 6. The maximum atomic E-state index is 14.7. The van der Waals surface area contributed by atoms with E-state index in [-0.39, 0.29) is 36.8 Å². The number of H-pyrrole nitrogens is 1. The quantitative estimate of drug-likeness (QED) is 0.110. The van der Waals surface area contributed by atoms with Crippen LogP contribution in [0.25, 0.3) is 21.8 Å². The summed E-state index contributed by atoms with van der Waals surface area (Å²) in [5.74, 6) is -2.98. The summed E-state index contributed by atoms with van der Waals surface area (Å²) in [5, 5.41) is 15.1. The molecule has 1 amide bonds. The molecule has 1 atom stereocenters. The molecule has 50 heavy (non-hydrogen) atoms. The predicted octanol–water partition coefficient (Wildman–Crippen LogP) is 8.44. The highest BCUT2D eigenvalue weighted by molar-refractivity contribution is 5.94. The molecular weight excluding hydrogens is 667 g/mol. The number of aromatic hydroxyl groups is 1. The minimum Gasteiger partial charge on any atom is -0.507 e. The van der Waals surface area contributed by atoms with Crippen LogP contribution in [0.2, 0.25) is 0 Å². The highest BCUT2D eigenvalue weighted by Gasteiger charge is 2.37. The standard InChI is InChI=1S/C37H28F7N3O3/c1-47-29-14-5-3-11-27(29)33(48)31(35(47)50)30(20-8-6-9-24(38)18-20)32-26(25-10-2-4-13-28(25)46-32)12-7-15-45-34(49)21-16-22(36(39,40)41)19-23(17-21)37(42,43)44/h2-6,8-11,13-14,16-19,30,46,48H,7,12,15H2,1H3,(H,45,49). The average Bonchev–Trinajstić information content (AvgIpc) is 3.44. The van der Waals surface area contributed by atoms with E-state index in [1.165, 1.54) is 22.8 Å². The lowest BCUT2D eigenvalue weighted by Gasteiger charge is -2.22. The number of hydrogen-bond donors (Lipinski definition) is 3. The average molecular weight is 696 g/mol. The number of aromatic amines is 1. The van der Waals surface area contributed by atoms with Crippen LogP contribution in [0.3, 0.4) is 0 Å². The van der Waals surface area contributed by atoms with E-state index in [9.17, 15) is 45.4 Å². The Balaban J connectivity index is 1.38. The smallest absolute Gasteiger partial charge is 0.416 e. The van der Waals surface area contributed by atoms with E-state index >= 15 is 0 Å². The second-order valence-corrected chi connectivity index (χ2v) is 11.8. The highest BCUT2D eigenvalue weighted by atomic mass is 19.4. The third-order valence-electron chi connectivity index (χ3n) is 8.66. The van der Waals surface area contributed by atoms with Crippen LogP contribution in [0, 0.1) is 5.82 Å². The van der Waals surface area contributed by atoms with Crippen molar-refractivity contribution in [3.63, 3.8) is 0 Å². The predicted molar refractivity (Wildman–Crippen MR) is 174 cm³/mol. The van der Waals surface area contributed by atoms with Gasteiger partial charge in [-0.25, -0.2) is 4.39 Å². The first-order valence-corrected chi connectivity index (χ1v) is 15.4. The van der Waals surface area contributed by atoms with Crippen LogP contribution in [0.1, 0.15) is 56.2 Å². The van der Waals surface area contributed by atoms with Crippen molar-refractivity contribution in [1.82, 2.24) is 14.9 Å². The number of nitrogens with zero attached hydrogens (tertiary/aromatic N) is 1. The fourth-order valence-electron chi connectivity index (χ4n) is 6.32. The van der Waals surface area contributed by atoms with Gasteiger partial charge in [0.1, 0.15) is 11.6 Å². The molecule has 3 N–H and O–H groups in total. The van der Waals surface area contributed by atoms with Crippen molar-refractivity contribution in [3.8, 4) is 5.75 Å². The van der Waals surface area contributed by atoms with E-state index in [4.69, 9.17) is 0 Å². The zero-order valence-electron chi connectivity index (χ0n) is 26.2. The molecule has 0 aliphatic carbocycles. The zero-order valence-corrected chi connectivity index (χ0v) is 26.2. The molecule has 0 fully saturated rings. The summed E-state index contributed by atoms with van der Waals surface area (Å²) in [6.07, 6.45) is -9.85. The number of aryl methyl sites for hydroxylation is 2. The molecule has 13 heteroatoms. The Labute approximate surface area is 279 Å². The molecule has 6 aromatic rings. The molecule has 0 aliphatic rings. The molecule has 6 rings (SSSR count). The lowest BCUT2D eigenvalue weighted by atomic mass is 9.85. The molecule has 6 nitrogen and oxygen atoms in total. The van der Waals surface area contributed by atoms with Crippen molar-refractivity contribution in [2.24, 2.45) is 7.05 Å². The van der Waals surface area contributed by atoms with Crippen LogP contribution in [0.4, 0.5) is 30.7 Å². The van der Waals surface area contributed by atoms with Gasteiger partial charge in [-0.1, -0.05) is 42.5 Å². The third-order valence-corrected chi connectivity index (χ3v) is 8.66. The first-order valence-electron chi connectivity index (χ1n) is 15.4. The van der Waals surface area contributed by atoms with Crippen molar-refractivity contribution in [2.75, 3.05) is 6.54 Å². The normalized spacial score (nSPS) is 12.8. The maximum Gasteiger partial charge on any atom is 0.416 e. The van der Waals surface area contributed by atoms with E-state index < -0.39 is 52.2 Å². The van der Waals surface area contributed by atoms with Gasteiger partial charge in [-0.2, -0.15) is 26.3 Å². The Kier molecular flexibility index (Phi) is 8.93. The van der Waals surface area contributed by atoms with Crippen LogP contribution < -0.4 is 10.9 Å². The van der Waals surface area contributed by atoms with Crippen LogP contribution in [0.15, 0.2) is 95.8 Å². The van der Waals surface area contributed by atoms with Gasteiger partial charge in [-0.3, -0.25) is 9.59 Å². The molecule has 4 aromatic carbocycles. The first kappa shape index (κ1) is 34.3. The summed E-state index contributed by atoms with van der Waals surface area (Å²) < 4.78 is 96.2. The molecule has 0 saturated heterocycles. The van der Waals surface area contributed by atoms with Gasteiger partial charge in [0, 0.05) is 41.1 Å². The Morgan fingerprint density at radius 3 is 2.16 bits per heavy atom. The van der Waals surface area contributed by atoms with Crippen molar-refractivity contribution in [3.05, 3.63) is 146 Å². The van der Waals surface area contributed by atoms with Crippen molar-refractivity contribution >= 4 is 27.7 Å². The SMILES string of the molecule is Cn1c(=O)c(C(c2cccc(F)c2)c2[nH]c3ccccc3c2CCCNC(=O)c2cc(C(F)(F)F)cc(C(F)(F)F)c2)c(O)c2ccccc21. The van der Waals surface area contributed by atoms with E-state index in [1.54, 1.807) is 55.6 Å². The maximum absolute atomic E-state index is 14.7. The molecule has 0 spiro atoms. The number of hydrogen-bond acceptors (Lipinski definition) is 3. The molecule has 258 valence electrons. The van der Waals surface area contributed by atoms with Crippen molar-refractivity contribution in [1.29, 1.82) is 0 Å². The number of benzene rings is 4. The summed E-state index contributed by atoms with van der Waals surface area (Å²) in [4.78, 5) is 30.1. The number of nitrogens with one attached hydrogen (secondary N) is 2. The molecule has 0 aliphatic heterocycles. The lowest BCUT2D eigenvalue weighted by molar-refractivity contribution is -0.143. The third kappa shape index (κ3) is 6.55. The van der Waals surface area contributed by atoms with Gasteiger partial charge in [0.05, 0.1) is 28.1 Å². The number of fused-ring (bicyclic) bond motifs is 2. The van der Waals surface area contributed by atoms with E-state index in [0.29, 0.717) is 45.4 Å². The Bertz CT molecular complexity index is 2270. The number of halogens is 7. The summed E-state index contributed by atoms with van der Waals surface area (Å²) in [7, 11) is 1.56. The minimum atomic E-state index is -5.11. The molecule has 0 bridgehead atoms. The number of pyridine rings is 1. The van der Waals surface area contributed by atoms with Crippen LogP contribution in [-0.4, -0.2) is 27.1 Å². The van der Waals surface area contributed by atoms with Gasteiger partial charge < -0.3 is 20.0 Å². The fraction of sp³-hybridized carbons (Fsp3) is 0.189. The van der Waals surface area contributed by atoms with Gasteiger partial charge in [0.25, 0.3) is 11.5 Å². The molecule has 0 saturated carbocycles. The zero-order chi connectivity index (χ0) is 36.0. The number of aromatic nitrogens is 2. The largest absolute Gasteiger partial charge is 0.507 e. The van der Waals surface area contributed by atoms with Crippen molar-refractivity contribution < 1.29 is 40.6 Å². The monoisotopic (exact) mass is 695 g/mol. The van der Waals surface area contributed by atoms with Gasteiger partial charge in [0.2, 0.25) is 0 Å². The van der Waals surface area contributed by atoms with Gasteiger partial charge in [0.15, 0.2) is 0 Å². The second kappa shape index (κ2) is 13.0. The van der Waals surface area contributed by atoms with Gasteiger partial charge in [-0.05, 0) is 72.5 Å². The van der Waals surface area contributed by atoms with E-state index in [0.717, 1.165) is 5.39 Å². The molecule has 2 aromatic heterocycles. The molecular formula is C37H28F7N3O3. The Hall–Kier alpha value is -5.59. The molecule has 2 heterocycles. The number of amides is 1. The number of carbonyl (C=O) groups excluding carboxylic acids is 1. The van der Waals surface area contributed by atoms with Crippen molar-refractivity contribution in [2.45, 2.75) is 31.1 Å². The van der Waals surface area contributed by atoms with Crippen LogP contribution in [-0.2, 0) is 25.8 Å². The lowest BCUT2D eigenvalue weighted by Crippen LogP contribution is -2.26. The van der Waals surface area contributed by atoms with Crippen LogP contribution >= 0.6 is 0 Å². The number of rotatable bonds is 8. The topological polar surface area (TPSA) is 87.1 Å². The van der Waals surface area contributed by atoms with Gasteiger partial charge in [-0.15, -0.1) is 0 Å². The first-order chi connectivity index (χ1) is 23.6. The molecule has 0 radical (unpaired) electrons. The molecule has 1 unspecified atom stereocenters. The van der Waals surface area contributed by atoms with E-state index in [2.05, 4.69) is 10.3 Å². The minimum absolute atomic E-state index is 0.0112. The second-order valence-electron chi connectivity index (χ2n) is 11.8.